The van der Waals surface area contributed by atoms with Crippen LogP contribution in [0.4, 0.5) is 4.79 Å². The molecule has 0 aromatic carbocycles. The molecule has 2 rings (SSSR count). The number of amides is 4. The second-order valence-electron chi connectivity index (χ2n) is 5.93. The Morgan fingerprint density at radius 2 is 1.70 bits per heavy atom. The normalized spacial score (nSPS) is 31.8. The van der Waals surface area contributed by atoms with Crippen LogP contribution in [-0.2, 0) is 9.59 Å². The third-order valence-electron chi connectivity index (χ3n) is 4.99. The summed E-state index contributed by atoms with van der Waals surface area (Å²) in [5.41, 5.74) is -1.06. The van der Waals surface area contributed by atoms with Gasteiger partial charge in [-0.15, -0.1) is 0 Å². The van der Waals surface area contributed by atoms with Crippen molar-refractivity contribution in [3.8, 4) is 0 Å². The van der Waals surface area contributed by atoms with E-state index in [1.54, 1.807) is 0 Å². The molecule has 0 aromatic heterocycles. The zero-order chi connectivity index (χ0) is 14.2. The molecule has 1 heterocycles. The van der Waals surface area contributed by atoms with Crippen molar-refractivity contribution in [2.75, 3.05) is 0 Å². The first-order valence-corrected chi connectivity index (χ1v) is 7.11. The first kappa shape index (κ1) is 17.7. The van der Waals surface area contributed by atoms with Gasteiger partial charge in [0.2, 0.25) is 11.8 Å². The number of imide groups is 2. The SMILES string of the molecule is CCCCC1CC(C)C2(C(=O)NC(=O)NC2=O)C1C.[Na+]. The molecule has 3 unspecified atom stereocenters. The molecular formula is C14H22N2NaO3+. The Morgan fingerprint density at radius 1 is 1.15 bits per heavy atom. The maximum atomic E-state index is 12.3. The topological polar surface area (TPSA) is 75.3 Å². The van der Waals surface area contributed by atoms with Gasteiger partial charge in [0, 0.05) is 0 Å². The number of hydrogen-bond donors (Lipinski definition) is 2. The fourth-order valence-electron chi connectivity index (χ4n) is 3.91. The van der Waals surface area contributed by atoms with Crippen molar-refractivity contribution >= 4 is 17.8 Å². The van der Waals surface area contributed by atoms with Crippen LogP contribution in [0.1, 0.15) is 46.5 Å². The Morgan fingerprint density at radius 3 is 2.20 bits per heavy atom. The summed E-state index contributed by atoms with van der Waals surface area (Å²) in [6.07, 6.45) is 4.13. The van der Waals surface area contributed by atoms with E-state index in [0.717, 1.165) is 25.7 Å². The monoisotopic (exact) mass is 289 g/mol. The van der Waals surface area contributed by atoms with Crippen molar-refractivity contribution in [2.24, 2.45) is 23.2 Å². The number of carbonyl (C=O) groups is 3. The number of unbranched alkanes of at least 4 members (excludes halogenated alkanes) is 1. The first-order chi connectivity index (χ1) is 8.94. The fraction of sp³-hybridized carbons (Fsp3) is 0.786. The van der Waals surface area contributed by atoms with Crippen LogP contribution in [-0.4, -0.2) is 17.8 Å². The van der Waals surface area contributed by atoms with Crippen molar-refractivity contribution < 1.29 is 43.9 Å². The number of hydrogen-bond acceptors (Lipinski definition) is 3. The molecule has 1 saturated carbocycles. The Kier molecular flexibility index (Phi) is 5.81. The predicted octanol–water partition coefficient (Wildman–Crippen LogP) is -1.17. The number of carbonyl (C=O) groups excluding carboxylic acids is 3. The molecule has 3 atom stereocenters. The molecule has 0 radical (unpaired) electrons. The minimum absolute atomic E-state index is 0. The van der Waals surface area contributed by atoms with Gasteiger partial charge < -0.3 is 0 Å². The molecule has 0 aromatic rings. The molecule has 1 aliphatic carbocycles. The molecule has 20 heavy (non-hydrogen) atoms. The van der Waals surface area contributed by atoms with E-state index in [1.165, 1.54) is 0 Å². The standard InChI is InChI=1S/C14H22N2O3.Na/c1-4-5-6-10-7-8(2)14(9(10)3)11(17)15-13(19)16-12(14)18;/h8-10H,4-7H2,1-3H3,(H2,15,16,17,18,19);/q;+1. The molecule has 5 nitrogen and oxygen atoms in total. The van der Waals surface area contributed by atoms with E-state index in [4.69, 9.17) is 0 Å². The fourth-order valence-corrected chi connectivity index (χ4v) is 3.91. The van der Waals surface area contributed by atoms with Crippen LogP contribution >= 0.6 is 0 Å². The summed E-state index contributed by atoms with van der Waals surface area (Å²) >= 11 is 0. The number of urea groups is 1. The smallest absolute Gasteiger partial charge is 0.277 e. The zero-order valence-electron chi connectivity index (χ0n) is 12.8. The third-order valence-corrected chi connectivity index (χ3v) is 4.99. The Balaban J connectivity index is 0.00000200. The first-order valence-electron chi connectivity index (χ1n) is 7.11. The third kappa shape index (κ3) is 2.55. The molecule has 4 amide bonds. The van der Waals surface area contributed by atoms with Crippen LogP contribution in [0.5, 0.6) is 0 Å². The van der Waals surface area contributed by atoms with Gasteiger partial charge >= 0.3 is 35.6 Å². The number of nitrogens with one attached hydrogen (secondary N) is 2. The average Bonchev–Trinajstić information content (AvgIpc) is 2.57. The zero-order valence-corrected chi connectivity index (χ0v) is 14.8. The summed E-state index contributed by atoms with van der Waals surface area (Å²) in [7, 11) is 0. The van der Waals surface area contributed by atoms with Crippen molar-refractivity contribution in [3.05, 3.63) is 0 Å². The van der Waals surface area contributed by atoms with E-state index in [2.05, 4.69) is 17.6 Å². The summed E-state index contributed by atoms with van der Waals surface area (Å²) in [6.45, 7) is 6.05. The van der Waals surface area contributed by atoms with Crippen molar-refractivity contribution in [2.45, 2.75) is 46.5 Å². The van der Waals surface area contributed by atoms with Crippen molar-refractivity contribution in [3.63, 3.8) is 0 Å². The molecule has 0 bridgehead atoms. The van der Waals surface area contributed by atoms with E-state index >= 15 is 0 Å². The number of rotatable bonds is 3. The summed E-state index contributed by atoms with van der Waals surface area (Å²) in [6, 6.07) is -0.697. The van der Waals surface area contributed by atoms with Crippen LogP contribution in [0, 0.1) is 23.2 Å². The van der Waals surface area contributed by atoms with Gasteiger partial charge in [0.25, 0.3) is 0 Å². The summed E-state index contributed by atoms with van der Waals surface area (Å²) in [5.74, 6) is -0.514. The Bertz CT molecular complexity index is 405. The van der Waals surface area contributed by atoms with E-state index in [1.807, 2.05) is 13.8 Å². The molecular weight excluding hydrogens is 267 g/mol. The molecule has 2 N–H and O–H groups in total. The van der Waals surface area contributed by atoms with Gasteiger partial charge in [0.15, 0.2) is 0 Å². The molecule has 2 fully saturated rings. The summed E-state index contributed by atoms with van der Waals surface area (Å²) in [4.78, 5) is 35.8. The minimum Gasteiger partial charge on any atom is -0.277 e. The summed E-state index contributed by atoms with van der Waals surface area (Å²) < 4.78 is 0. The van der Waals surface area contributed by atoms with E-state index in [0.29, 0.717) is 5.92 Å². The van der Waals surface area contributed by atoms with E-state index in [-0.39, 0.29) is 41.4 Å². The van der Waals surface area contributed by atoms with Crippen LogP contribution in [0.15, 0.2) is 0 Å². The van der Waals surface area contributed by atoms with Crippen molar-refractivity contribution in [1.29, 1.82) is 0 Å². The Labute approximate surface area is 141 Å². The quantitative estimate of drug-likeness (QED) is 0.507. The van der Waals surface area contributed by atoms with Gasteiger partial charge in [-0.2, -0.15) is 0 Å². The Hall–Kier alpha value is -0.390. The van der Waals surface area contributed by atoms with Gasteiger partial charge in [-0.3, -0.25) is 20.2 Å². The van der Waals surface area contributed by atoms with E-state index in [9.17, 15) is 14.4 Å². The second kappa shape index (κ2) is 6.58. The van der Waals surface area contributed by atoms with Gasteiger partial charge in [-0.1, -0.05) is 40.0 Å². The van der Waals surface area contributed by atoms with Crippen LogP contribution in [0.3, 0.4) is 0 Å². The molecule has 2 aliphatic rings. The summed E-state index contributed by atoms with van der Waals surface area (Å²) in [5, 5.41) is 4.54. The van der Waals surface area contributed by atoms with Crippen molar-refractivity contribution in [1.82, 2.24) is 10.6 Å². The van der Waals surface area contributed by atoms with Crippen LogP contribution in [0.25, 0.3) is 0 Å². The molecule has 106 valence electrons. The molecule has 1 spiro atoms. The second-order valence-corrected chi connectivity index (χ2v) is 5.93. The predicted molar refractivity (Wildman–Crippen MR) is 70.1 cm³/mol. The largest absolute Gasteiger partial charge is 1.00 e. The molecule has 6 heteroatoms. The maximum Gasteiger partial charge on any atom is 1.00 e. The minimum atomic E-state index is -1.06. The average molecular weight is 289 g/mol. The molecule has 1 aliphatic heterocycles. The van der Waals surface area contributed by atoms with Gasteiger partial charge in [-0.05, 0) is 24.2 Å². The van der Waals surface area contributed by atoms with Gasteiger partial charge in [-0.25, -0.2) is 4.79 Å². The van der Waals surface area contributed by atoms with Gasteiger partial charge in [0.1, 0.15) is 5.41 Å². The maximum absolute atomic E-state index is 12.3. The molecule has 1 saturated heterocycles. The van der Waals surface area contributed by atoms with Gasteiger partial charge in [0.05, 0.1) is 0 Å². The van der Waals surface area contributed by atoms with E-state index < -0.39 is 23.3 Å². The van der Waals surface area contributed by atoms with Crippen LogP contribution < -0.4 is 40.2 Å². The van der Waals surface area contributed by atoms with Crippen LogP contribution in [0.2, 0.25) is 0 Å². The number of barbiturate groups is 1.